The Morgan fingerprint density at radius 1 is 1.30 bits per heavy atom. The molecule has 6 heteroatoms. The van der Waals surface area contributed by atoms with Crippen LogP contribution in [0.1, 0.15) is 25.5 Å². The number of piperidine rings is 1. The van der Waals surface area contributed by atoms with Gasteiger partial charge in [-0.1, -0.05) is 0 Å². The lowest BCUT2D eigenvalue weighted by Gasteiger charge is -2.34. The Bertz CT molecular complexity index is 611. The molecular formula is C17H24ClFN4. The zero-order valence-electron chi connectivity index (χ0n) is 13.4. The van der Waals surface area contributed by atoms with Crippen molar-refractivity contribution in [3.63, 3.8) is 0 Å². The van der Waals surface area contributed by atoms with E-state index in [-0.39, 0.29) is 24.3 Å². The van der Waals surface area contributed by atoms with Crippen LogP contribution in [0.15, 0.2) is 36.5 Å². The number of benzene rings is 1. The van der Waals surface area contributed by atoms with E-state index in [2.05, 4.69) is 16.9 Å². The molecule has 3 rings (SSSR count). The van der Waals surface area contributed by atoms with Crippen molar-refractivity contribution in [1.82, 2.24) is 14.7 Å². The Balaban J connectivity index is 0.00000192. The summed E-state index contributed by atoms with van der Waals surface area (Å²) in [7, 11) is 0. The summed E-state index contributed by atoms with van der Waals surface area (Å²) >= 11 is 0. The Hall–Kier alpha value is -1.43. The van der Waals surface area contributed by atoms with Crippen LogP contribution in [-0.2, 0) is 6.54 Å². The molecule has 1 aliphatic heterocycles. The predicted molar refractivity (Wildman–Crippen MR) is 92.4 cm³/mol. The van der Waals surface area contributed by atoms with Crippen molar-refractivity contribution < 1.29 is 4.39 Å². The highest BCUT2D eigenvalue weighted by molar-refractivity contribution is 5.85. The van der Waals surface area contributed by atoms with E-state index in [0.29, 0.717) is 5.92 Å². The smallest absolute Gasteiger partial charge is 0.123 e. The lowest BCUT2D eigenvalue weighted by molar-refractivity contribution is 0.152. The zero-order valence-corrected chi connectivity index (χ0v) is 14.2. The molecule has 4 nitrogen and oxygen atoms in total. The number of rotatable bonds is 4. The van der Waals surface area contributed by atoms with Gasteiger partial charge in [-0.25, -0.2) is 9.07 Å². The summed E-state index contributed by atoms with van der Waals surface area (Å²) in [6.45, 7) is 5.07. The van der Waals surface area contributed by atoms with Gasteiger partial charge in [0.1, 0.15) is 5.82 Å². The van der Waals surface area contributed by atoms with Crippen molar-refractivity contribution in [1.29, 1.82) is 0 Å². The number of nitrogens with two attached hydrogens (primary N) is 1. The fourth-order valence-electron chi connectivity index (χ4n) is 3.16. The van der Waals surface area contributed by atoms with Gasteiger partial charge in [-0.2, -0.15) is 5.10 Å². The molecule has 0 bridgehead atoms. The normalized spacial score (nSPS) is 20.0. The lowest BCUT2D eigenvalue weighted by atomic mass is 9.92. The van der Waals surface area contributed by atoms with Crippen molar-refractivity contribution >= 4 is 12.4 Å². The molecule has 2 atom stereocenters. The van der Waals surface area contributed by atoms with Crippen LogP contribution in [0.2, 0.25) is 0 Å². The van der Waals surface area contributed by atoms with Crippen LogP contribution in [0, 0.1) is 11.7 Å². The first-order valence-corrected chi connectivity index (χ1v) is 7.90. The van der Waals surface area contributed by atoms with E-state index in [1.807, 2.05) is 10.7 Å². The van der Waals surface area contributed by atoms with Gasteiger partial charge in [0.05, 0.1) is 11.4 Å². The van der Waals surface area contributed by atoms with Gasteiger partial charge < -0.3 is 5.73 Å². The van der Waals surface area contributed by atoms with E-state index < -0.39 is 0 Å². The third-order valence-electron chi connectivity index (χ3n) is 4.46. The van der Waals surface area contributed by atoms with Crippen LogP contribution >= 0.6 is 12.4 Å². The summed E-state index contributed by atoms with van der Waals surface area (Å²) in [4.78, 5) is 2.44. The van der Waals surface area contributed by atoms with Gasteiger partial charge in [0.2, 0.25) is 0 Å². The van der Waals surface area contributed by atoms with Crippen molar-refractivity contribution in [2.45, 2.75) is 32.4 Å². The summed E-state index contributed by atoms with van der Waals surface area (Å²) in [5, 5.41) is 4.38. The topological polar surface area (TPSA) is 47.1 Å². The molecule has 0 amide bonds. The second-order valence-corrected chi connectivity index (χ2v) is 6.21. The molecule has 2 unspecified atom stereocenters. The van der Waals surface area contributed by atoms with Gasteiger partial charge in [0, 0.05) is 25.3 Å². The van der Waals surface area contributed by atoms with Gasteiger partial charge in [0.15, 0.2) is 0 Å². The van der Waals surface area contributed by atoms with Crippen LogP contribution in [0.25, 0.3) is 5.69 Å². The third kappa shape index (κ3) is 4.31. The molecule has 1 saturated heterocycles. The highest BCUT2D eigenvalue weighted by Crippen LogP contribution is 2.21. The molecule has 2 N–H and O–H groups in total. The zero-order chi connectivity index (χ0) is 15.5. The first-order valence-electron chi connectivity index (χ1n) is 7.90. The standard InChI is InChI=1S/C17H23FN4.ClH/c1-13(19)14-3-2-10-21(11-14)12-17-8-9-20-22(17)16-6-4-15(18)5-7-16;/h4-9,13-14H,2-3,10-12,19H2,1H3;1H. The average Bonchev–Trinajstić information content (AvgIpc) is 2.96. The van der Waals surface area contributed by atoms with Crippen LogP contribution in [0.5, 0.6) is 0 Å². The molecule has 2 aromatic rings. The number of hydrogen-bond acceptors (Lipinski definition) is 3. The predicted octanol–water partition coefficient (Wildman–Crippen LogP) is 2.99. The van der Waals surface area contributed by atoms with E-state index in [9.17, 15) is 4.39 Å². The molecule has 23 heavy (non-hydrogen) atoms. The number of likely N-dealkylation sites (tertiary alicyclic amines) is 1. The van der Waals surface area contributed by atoms with Crippen molar-refractivity contribution in [3.8, 4) is 5.69 Å². The first kappa shape index (κ1) is 17.9. The summed E-state index contributed by atoms with van der Waals surface area (Å²) in [6.07, 6.45) is 4.20. The van der Waals surface area contributed by atoms with E-state index >= 15 is 0 Å². The molecule has 0 aliphatic carbocycles. The minimum Gasteiger partial charge on any atom is -0.328 e. The monoisotopic (exact) mass is 338 g/mol. The number of halogens is 2. The number of hydrogen-bond donors (Lipinski definition) is 1. The molecular weight excluding hydrogens is 315 g/mol. The van der Waals surface area contributed by atoms with Crippen LogP contribution in [0.3, 0.4) is 0 Å². The number of aromatic nitrogens is 2. The SMILES string of the molecule is CC(N)C1CCCN(Cc2ccnn2-c2ccc(F)cc2)C1.Cl. The van der Waals surface area contributed by atoms with Gasteiger partial charge in [-0.3, -0.25) is 4.90 Å². The summed E-state index contributed by atoms with van der Waals surface area (Å²) in [6, 6.07) is 8.71. The molecule has 0 saturated carbocycles. The van der Waals surface area contributed by atoms with Crippen molar-refractivity contribution in [2.24, 2.45) is 11.7 Å². The summed E-state index contributed by atoms with van der Waals surface area (Å²) < 4.78 is 15.0. The molecule has 2 heterocycles. The largest absolute Gasteiger partial charge is 0.328 e. The summed E-state index contributed by atoms with van der Waals surface area (Å²) in [5.74, 6) is 0.337. The maximum Gasteiger partial charge on any atom is 0.123 e. The molecule has 1 fully saturated rings. The minimum absolute atomic E-state index is 0. The van der Waals surface area contributed by atoms with E-state index in [0.717, 1.165) is 31.0 Å². The van der Waals surface area contributed by atoms with Gasteiger partial charge >= 0.3 is 0 Å². The second-order valence-electron chi connectivity index (χ2n) is 6.21. The Morgan fingerprint density at radius 2 is 2.04 bits per heavy atom. The van der Waals surface area contributed by atoms with E-state index in [1.54, 1.807) is 18.3 Å². The fourth-order valence-corrected chi connectivity index (χ4v) is 3.16. The van der Waals surface area contributed by atoms with Crippen LogP contribution in [-0.4, -0.2) is 33.8 Å². The van der Waals surface area contributed by atoms with Crippen LogP contribution < -0.4 is 5.73 Å². The van der Waals surface area contributed by atoms with Gasteiger partial charge in [-0.05, 0) is 62.6 Å². The third-order valence-corrected chi connectivity index (χ3v) is 4.46. The highest BCUT2D eigenvalue weighted by Gasteiger charge is 2.23. The molecule has 126 valence electrons. The molecule has 1 aromatic carbocycles. The van der Waals surface area contributed by atoms with Crippen LogP contribution in [0.4, 0.5) is 4.39 Å². The average molecular weight is 339 g/mol. The maximum absolute atomic E-state index is 13.1. The maximum atomic E-state index is 13.1. The fraction of sp³-hybridized carbons (Fsp3) is 0.471. The summed E-state index contributed by atoms with van der Waals surface area (Å²) in [5.41, 5.74) is 8.07. The Kier molecular flexibility index (Phi) is 6.16. The Labute approximate surface area is 142 Å². The molecule has 0 radical (unpaired) electrons. The van der Waals surface area contributed by atoms with E-state index in [4.69, 9.17) is 5.73 Å². The van der Waals surface area contributed by atoms with Crippen molar-refractivity contribution in [2.75, 3.05) is 13.1 Å². The highest BCUT2D eigenvalue weighted by atomic mass is 35.5. The van der Waals surface area contributed by atoms with Crippen molar-refractivity contribution in [3.05, 3.63) is 48.0 Å². The van der Waals surface area contributed by atoms with Gasteiger partial charge in [-0.15, -0.1) is 12.4 Å². The minimum atomic E-state index is -0.228. The first-order chi connectivity index (χ1) is 10.6. The lowest BCUT2D eigenvalue weighted by Crippen LogP contribution is -2.42. The van der Waals surface area contributed by atoms with E-state index in [1.165, 1.54) is 25.0 Å². The van der Waals surface area contributed by atoms with Gasteiger partial charge in [0.25, 0.3) is 0 Å². The molecule has 0 spiro atoms. The quantitative estimate of drug-likeness (QED) is 0.932. The molecule has 1 aromatic heterocycles. The second kappa shape index (κ2) is 7.90. The number of nitrogens with zero attached hydrogens (tertiary/aromatic N) is 3. The molecule has 1 aliphatic rings. The Morgan fingerprint density at radius 3 is 2.74 bits per heavy atom.